The summed E-state index contributed by atoms with van der Waals surface area (Å²) in [6, 6.07) is 0. The third kappa shape index (κ3) is 1.76. The fourth-order valence-electron chi connectivity index (χ4n) is 0.666. The normalized spacial score (nSPS) is 11.5. The van der Waals surface area contributed by atoms with Crippen LogP contribution in [0.15, 0.2) is 10.7 Å². The number of aromatic nitrogens is 1. The van der Waals surface area contributed by atoms with E-state index in [1.807, 2.05) is 13.8 Å². The molecular weight excluding hydrogens is 152 g/mol. The molecule has 1 rings (SSSR count). The predicted octanol–water partition coefficient (Wildman–Crippen LogP) is 2.74. The Morgan fingerprint density at radius 3 is 2.36 bits per heavy atom. The molecule has 0 radical (unpaired) electrons. The summed E-state index contributed by atoms with van der Waals surface area (Å²) in [5.41, 5.74) is -0.284. The highest BCUT2D eigenvalue weighted by Crippen LogP contribution is 2.20. The van der Waals surface area contributed by atoms with Crippen LogP contribution in [0, 0.1) is 0 Å². The van der Waals surface area contributed by atoms with Crippen LogP contribution in [0.25, 0.3) is 0 Å². The average Bonchev–Trinajstić information content (AvgIpc) is 2.33. The molecular formula is C7H9F2NO. The number of halogens is 2. The Labute approximate surface area is 63.2 Å². The van der Waals surface area contributed by atoms with Crippen LogP contribution in [0.3, 0.4) is 0 Å². The Hall–Kier alpha value is -0.930. The quantitative estimate of drug-likeness (QED) is 0.666. The Kier molecular flexibility index (Phi) is 2.22. The largest absolute Gasteiger partial charge is 0.448 e. The van der Waals surface area contributed by atoms with Gasteiger partial charge in [-0.1, -0.05) is 13.8 Å². The molecule has 11 heavy (non-hydrogen) atoms. The molecule has 0 bridgehead atoms. The van der Waals surface area contributed by atoms with E-state index in [1.165, 1.54) is 0 Å². The zero-order chi connectivity index (χ0) is 8.43. The molecule has 1 aromatic heterocycles. The highest BCUT2D eigenvalue weighted by atomic mass is 19.3. The van der Waals surface area contributed by atoms with Crippen molar-refractivity contribution in [2.24, 2.45) is 0 Å². The van der Waals surface area contributed by atoms with Crippen LogP contribution in [0.1, 0.15) is 37.8 Å². The second-order valence-electron chi connectivity index (χ2n) is 2.57. The Morgan fingerprint density at radius 1 is 1.45 bits per heavy atom. The molecule has 4 heteroatoms. The van der Waals surface area contributed by atoms with Gasteiger partial charge in [-0.05, 0) is 0 Å². The van der Waals surface area contributed by atoms with Crippen molar-refractivity contribution in [2.45, 2.75) is 26.2 Å². The molecule has 2 nitrogen and oxygen atoms in total. The van der Waals surface area contributed by atoms with Crippen molar-refractivity contribution in [2.75, 3.05) is 0 Å². The molecule has 1 heterocycles. The van der Waals surface area contributed by atoms with Crippen LogP contribution in [-0.4, -0.2) is 4.98 Å². The molecule has 0 aliphatic heterocycles. The van der Waals surface area contributed by atoms with Gasteiger partial charge in [-0.15, -0.1) is 0 Å². The summed E-state index contributed by atoms with van der Waals surface area (Å²) >= 11 is 0. The number of hydrogen-bond donors (Lipinski definition) is 0. The first-order valence-electron chi connectivity index (χ1n) is 3.34. The van der Waals surface area contributed by atoms with Crippen molar-refractivity contribution in [1.29, 1.82) is 0 Å². The van der Waals surface area contributed by atoms with Crippen molar-refractivity contribution in [3.05, 3.63) is 17.8 Å². The van der Waals surface area contributed by atoms with Gasteiger partial charge in [-0.2, -0.15) is 0 Å². The molecule has 0 fully saturated rings. The van der Waals surface area contributed by atoms with E-state index in [1.54, 1.807) is 0 Å². The molecule has 1 aromatic rings. The molecule has 62 valence electrons. The van der Waals surface area contributed by atoms with E-state index in [0.29, 0.717) is 5.89 Å². The lowest BCUT2D eigenvalue weighted by molar-refractivity contribution is 0.146. The summed E-state index contributed by atoms with van der Waals surface area (Å²) in [4.78, 5) is 3.59. The molecule has 0 atom stereocenters. The molecule has 0 unspecified atom stereocenters. The topological polar surface area (TPSA) is 26.0 Å². The van der Waals surface area contributed by atoms with Crippen molar-refractivity contribution >= 4 is 0 Å². The summed E-state index contributed by atoms with van der Waals surface area (Å²) in [5, 5.41) is 0. The second kappa shape index (κ2) is 2.98. The van der Waals surface area contributed by atoms with Gasteiger partial charge in [-0.25, -0.2) is 13.8 Å². The van der Waals surface area contributed by atoms with E-state index in [-0.39, 0.29) is 11.6 Å². The summed E-state index contributed by atoms with van der Waals surface area (Å²) < 4.78 is 28.6. The first-order valence-corrected chi connectivity index (χ1v) is 3.34. The minimum atomic E-state index is -2.54. The first kappa shape index (κ1) is 8.17. The maximum absolute atomic E-state index is 11.9. The maximum atomic E-state index is 11.9. The number of nitrogens with zero attached hydrogens (tertiary/aromatic N) is 1. The minimum Gasteiger partial charge on any atom is -0.448 e. The van der Waals surface area contributed by atoms with Gasteiger partial charge in [0.1, 0.15) is 12.0 Å². The van der Waals surface area contributed by atoms with Gasteiger partial charge in [0.25, 0.3) is 6.43 Å². The van der Waals surface area contributed by atoms with E-state index >= 15 is 0 Å². The van der Waals surface area contributed by atoms with Gasteiger partial charge in [0, 0.05) is 5.92 Å². The van der Waals surface area contributed by atoms with Crippen LogP contribution >= 0.6 is 0 Å². The van der Waals surface area contributed by atoms with Crippen LogP contribution in [0.4, 0.5) is 8.78 Å². The highest BCUT2D eigenvalue weighted by Gasteiger charge is 2.14. The van der Waals surface area contributed by atoms with Gasteiger partial charge in [0.15, 0.2) is 5.89 Å². The summed E-state index contributed by atoms with van der Waals surface area (Å²) in [6.07, 6.45) is -1.54. The molecule has 0 aromatic carbocycles. The SMILES string of the molecule is CC(C)c1nc(C(F)F)co1. The molecule has 0 aliphatic carbocycles. The fourth-order valence-corrected chi connectivity index (χ4v) is 0.666. The van der Waals surface area contributed by atoms with Crippen molar-refractivity contribution in [3.8, 4) is 0 Å². The summed E-state index contributed by atoms with van der Waals surface area (Å²) in [7, 11) is 0. The van der Waals surface area contributed by atoms with Crippen molar-refractivity contribution in [3.63, 3.8) is 0 Å². The van der Waals surface area contributed by atoms with Gasteiger partial charge in [0.05, 0.1) is 0 Å². The van der Waals surface area contributed by atoms with Gasteiger partial charge < -0.3 is 4.42 Å². The van der Waals surface area contributed by atoms with Gasteiger partial charge in [0.2, 0.25) is 0 Å². The van der Waals surface area contributed by atoms with Crippen LogP contribution in [0.5, 0.6) is 0 Å². The average molecular weight is 161 g/mol. The maximum Gasteiger partial charge on any atom is 0.283 e. The molecule has 0 saturated carbocycles. The molecule has 0 amide bonds. The zero-order valence-corrected chi connectivity index (χ0v) is 6.34. The zero-order valence-electron chi connectivity index (χ0n) is 6.34. The van der Waals surface area contributed by atoms with Crippen molar-refractivity contribution in [1.82, 2.24) is 4.98 Å². The van der Waals surface area contributed by atoms with E-state index < -0.39 is 6.43 Å². The Morgan fingerprint density at radius 2 is 2.09 bits per heavy atom. The smallest absolute Gasteiger partial charge is 0.283 e. The third-order valence-corrected chi connectivity index (χ3v) is 1.26. The standard InChI is InChI=1S/C7H9F2NO/c1-4(2)7-10-5(3-11-7)6(8)9/h3-4,6H,1-2H3. The predicted molar refractivity (Wildman–Crippen MR) is 35.5 cm³/mol. The van der Waals surface area contributed by atoms with Crippen LogP contribution < -0.4 is 0 Å². The van der Waals surface area contributed by atoms with Crippen molar-refractivity contribution < 1.29 is 13.2 Å². The van der Waals surface area contributed by atoms with Crippen LogP contribution in [0.2, 0.25) is 0 Å². The van der Waals surface area contributed by atoms with E-state index in [4.69, 9.17) is 4.42 Å². The molecule has 0 saturated heterocycles. The summed E-state index contributed by atoms with van der Waals surface area (Å²) in [5.74, 6) is 0.419. The van der Waals surface area contributed by atoms with E-state index in [9.17, 15) is 8.78 Å². The van der Waals surface area contributed by atoms with Gasteiger partial charge in [-0.3, -0.25) is 0 Å². The Bertz CT molecular complexity index is 210. The van der Waals surface area contributed by atoms with Gasteiger partial charge >= 0.3 is 0 Å². The highest BCUT2D eigenvalue weighted by molar-refractivity contribution is 5.00. The summed E-state index contributed by atoms with van der Waals surface area (Å²) in [6.45, 7) is 3.67. The molecule has 0 spiro atoms. The Balaban J connectivity index is 2.82. The second-order valence-corrected chi connectivity index (χ2v) is 2.57. The molecule has 0 N–H and O–H groups in total. The van der Waals surface area contributed by atoms with E-state index in [0.717, 1.165) is 6.26 Å². The fraction of sp³-hybridized carbons (Fsp3) is 0.571. The number of oxazole rings is 1. The number of hydrogen-bond acceptors (Lipinski definition) is 2. The first-order chi connectivity index (χ1) is 5.11. The molecule has 0 aliphatic rings. The lowest BCUT2D eigenvalue weighted by Gasteiger charge is -1.94. The number of rotatable bonds is 2. The number of alkyl halides is 2. The lowest BCUT2D eigenvalue weighted by Crippen LogP contribution is -1.88. The van der Waals surface area contributed by atoms with E-state index in [2.05, 4.69) is 4.98 Å². The minimum absolute atomic E-state index is 0.0579. The third-order valence-electron chi connectivity index (χ3n) is 1.26. The monoisotopic (exact) mass is 161 g/mol. The van der Waals surface area contributed by atoms with Crippen LogP contribution in [-0.2, 0) is 0 Å². The lowest BCUT2D eigenvalue weighted by atomic mass is 10.2.